The predicted molar refractivity (Wildman–Crippen MR) is 75.5 cm³/mol. The van der Waals surface area contributed by atoms with Gasteiger partial charge < -0.3 is 15.1 Å². The van der Waals surface area contributed by atoms with Crippen molar-refractivity contribution < 1.29 is 0 Å². The fraction of sp³-hybridized carbons (Fsp3) is 1.00. The second-order valence-electron chi connectivity index (χ2n) is 6.64. The summed E-state index contributed by atoms with van der Waals surface area (Å²) in [5.41, 5.74) is 0.339. The summed E-state index contributed by atoms with van der Waals surface area (Å²) in [7, 11) is 4.39. The molecule has 0 spiro atoms. The molecule has 0 aliphatic carbocycles. The molecule has 1 fully saturated rings. The van der Waals surface area contributed by atoms with E-state index in [-0.39, 0.29) is 0 Å². The topological polar surface area (TPSA) is 18.5 Å². The van der Waals surface area contributed by atoms with Gasteiger partial charge in [0.1, 0.15) is 0 Å². The standard InChI is InChI=1S/C14H31N3/c1-7-15-13(14(2,3)4)11-17-9-8-12(10-17)16(5)6/h12-13,15H,7-11H2,1-6H3. The van der Waals surface area contributed by atoms with E-state index in [1.165, 1.54) is 26.1 Å². The van der Waals surface area contributed by atoms with Crippen molar-refractivity contribution in [2.45, 2.75) is 46.2 Å². The van der Waals surface area contributed by atoms with E-state index in [2.05, 4.69) is 56.9 Å². The first-order chi connectivity index (χ1) is 7.84. The maximum atomic E-state index is 3.64. The first kappa shape index (κ1) is 14.9. The molecule has 1 rings (SSSR count). The molecule has 1 heterocycles. The zero-order chi connectivity index (χ0) is 13.1. The van der Waals surface area contributed by atoms with Gasteiger partial charge >= 0.3 is 0 Å². The Morgan fingerprint density at radius 3 is 2.41 bits per heavy atom. The van der Waals surface area contributed by atoms with Crippen LogP contribution in [0.5, 0.6) is 0 Å². The van der Waals surface area contributed by atoms with Crippen molar-refractivity contribution in [2.24, 2.45) is 5.41 Å². The zero-order valence-electron chi connectivity index (χ0n) is 12.6. The van der Waals surface area contributed by atoms with Crippen molar-refractivity contribution in [3.8, 4) is 0 Å². The number of nitrogens with zero attached hydrogens (tertiary/aromatic N) is 2. The van der Waals surface area contributed by atoms with Gasteiger partial charge in [0.15, 0.2) is 0 Å². The highest BCUT2D eigenvalue weighted by molar-refractivity contribution is 4.88. The summed E-state index contributed by atoms with van der Waals surface area (Å²) in [6.45, 7) is 13.9. The van der Waals surface area contributed by atoms with Crippen molar-refractivity contribution in [3.63, 3.8) is 0 Å². The van der Waals surface area contributed by atoms with Gasteiger partial charge in [-0.1, -0.05) is 27.7 Å². The Bertz CT molecular complexity index is 220. The van der Waals surface area contributed by atoms with E-state index in [9.17, 15) is 0 Å². The zero-order valence-corrected chi connectivity index (χ0v) is 12.6. The normalized spacial score (nSPS) is 24.5. The van der Waals surface area contributed by atoms with Gasteiger partial charge in [0, 0.05) is 25.2 Å². The smallest absolute Gasteiger partial charge is 0.0243 e. The number of hydrogen-bond donors (Lipinski definition) is 1. The molecule has 3 heteroatoms. The fourth-order valence-corrected chi connectivity index (χ4v) is 2.55. The lowest BCUT2D eigenvalue weighted by Crippen LogP contribution is -2.48. The summed E-state index contributed by atoms with van der Waals surface area (Å²) in [5, 5.41) is 3.64. The van der Waals surface area contributed by atoms with E-state index in [0.717, 1.165) is 12.6 Å². The van der Waals surface area contributed by atoms with E-state index >= 15 is 0 Å². The maximum Gasteiger partial charge on any atom is 0.0243 e. The molecular weight excluding hydrogens is 210 g/mol. The molecule has 0 aromatic rings. The quantitative estimate of drug-likeness (QED) is 0.789. The Balaban J connectivity index is 2.47. The summed E-state index contributed by atoms with van der Waals surface area (Å²) in [5.74, 6) is 0. The first-order valence-corrected chi connectivity index (χ1v) is 6.96. The van der Waals surface area contributed by atoms with Crippen molar-refractivity contribution in [1.29, 1.82) is 0 Å². The SMILES string of the molecule is CCNC(CN1CCC(N(C)C)C1)C(C)(C)C. The lowest BCUT2D eigenvalue weighted by Gasteiger charge is -2.34. The third-order valence-corrected chi connectivity index (χ3v) is 3.91. The molecule has 1 saturated heterocycles. The minimum Gasteiger partial charge on any atom is -0.312 e. The summed E-state index contributed by atoms with van der Waals surface area (Å²) >= 11 is 0. The van der Waals surface area contributed by atoms with Crippen molar-refractivity contribution >= 4 is 0 Å². The van der Waals surface area contributed by atoms with Crippen molar-refractivity contribution in [2.75, 3.05) is 40.3 Å². The lowest BCUT2D eigenvalue weighted by molar-refractivity contribution is 0.186. The van der Waals surface area contributed by atoms with E-state index in [4.69, 9.17) is 0 Å². The van der Waals surface area contributed by atoms with E-state index < -0.39 is 0 Å². The van der Waals surface area contributed by atoms with Gasteiger partial charge in [0.2, 0.25) is 0 Å². The van der Waals surface area contributed by atoms with Crippen LogP contribution in [-0.2, 0) is 0 Å². The third kappa shape index (κ3) is 4.57. The molecule has 3 nitrogen and oxygen atoms in total. The van der Waals surface area contributed by atoms with Crippen LogP contribution in [0.3, 0.4) is 0 Å². The second-order valence-corrected chi connectivity index (χ2v) is 6.64. The summed E-state index contributed by atoms with van der Waals surface area (Å²) < 4.78 is 0. The molecule has 2 atom stereocenters. The van der Waals surface area contributed by atoms with E-state index in [1.54, 1.807) is 0 Å². The van der Waals surface area contributed by atoms with E-state index in [1.807, 2.05) is 0 Å². The fourth-order valence-electron chi connectivity index (χ4n) is 2.55. The van der Waals surface area contributed by atoms with Crippen LogP contribution in [0.2, 0.25) is 0 Å². The Hall–Kier alpha value is -0.120. The Morgan fingerprint density at radius 2 is 2.00 bits per heavy atom. The van der Waals surface area contributed by atoms with Crippen molar-refractivity contribution in [1.82, 2.24) is 15.1 Å². The van der Waals surface area contributed by atoms with Crippen LogP contribution in [0.15, 0.2) is 0 Å². The monoisotopic (exact) mass is 241 g/mol. The van der Waals surface area contributed by atoms with Gasteiger partial charge in [-0.3, -0.25) is 0 Å². The average Bonchev–Trinajstić information content (AvgIpc) is 2.64. The van der Waals surface area contributed by atoms with Crippen LogP contribution in [0.4, 0.5) is 0 Å². The number of rotatable bonds is 5. The highest BCUT2D eigenvalue weighted by Gasteiger charge is 2.30. The lowest BCUT2D eigenvalue weighted by atomic mass is 9.86. The van der Waals surface area contributed by atoms with Crippen molar-refractivity contribution in [3.05, 3.63) is 0 Å². The number of likely N-dealkylation sites (tertiary alicyclic amines) is 1. The first-order valence-electron chi connectivity index (χ1n) is 6.96. The average molecular weight is 241 g/mol. The van der Waals surface area contributed by atoms with Crippen LogP contribution in [0.1, 0.15) is 34.1 Å². The molecule has 1 aliphatic rings. The largest absolute Gasteiger partial charge is 0.312 e. The molecule has 0 bridgehead atoms. The van der Waals surface area contributed by atoms with Gasteiger partial charge in [-0.2, -0.15) is 0 Å². The highest BCUT2D eigenvalue weighted by atomic mass is 15.2. The molecular formula is C14H31N3. The Labute approximate surface area is 108 Å². The van der Waals surface area contributed by atoms with Gasteiger partial charge in [0.05, 0.1) is 0 Å². The van der Waals surface area contributed by atoms with Crippen LogP contribution >= 0.6 is 0 Å². The van der Waals surface area contributed by atoms with Gasteiger partial charge in [-0.15, -0.1) is 0 Å². The molecule has 2 unspecified atom stereocenters. The molecule has 102 valence electrons. The van der Waals surface area contributed by atoms with Crippen LogP contribution in [0.25, 0.3) is 0 Å². The number of likely N-dealkylation sites (N-methyl/N-ethyl adjacent to an activating group) is 2. The van der Waals surface area contributed by atoms with Gasteiger partial charge in [-0.05, 0) is 39.0 Å². The van der Waals surface area contributed by atoms with Crippen LogP contribution in [0, 0.1) is 5.41 Å². The molecule has 0 aromatic carbocycles. The second kappa shape index (κ2) is 6.17. The molecule has 0 saturated carbocycles. The predicted octanol–water partition coefficient (Wildman–Crippen LogP) is 1.65. The van der Waals surface area contributed by atoms with Gasteiger partial charge in [0.25, 0.3) is 0 Å². The Morgan fingerprint density at radius 1 is 1.35 bits per heavy atom. The number of nitrogens with one attached hydrogen (secondary N) is 1. The van der Waals surface area contributed by atoms with Crippen LogP contribution in [-0.4, -0.2) is 62.2 Å². The number of hydrogen-bond acceptors (Lipinski definition) is 3. The van der Waals surface area contributed by atoms with E-state index in [0.29, 0.717) is 11.5 Å². The van der Waals surface area contributed by atoms with Crippen LogP contribution < -0.4 is 5.32 Å². The molecule has 1 aliphatic heterocycles. The third-order valence-electron chi connectivity index (χ3n) is 3.91. The minimum atomic E-state index is 0.339. The highest BCUT2D eigenvalue weighted by Crippen LogP contribution is 2.22. The Kier molecular flexibility index (Phi) is 5.42. The summed E-state index contributed by atoms with van der Waals surface area (Å²) in [6, 6.07) is 1.34. The van der Waals surface area contributed by atoms with Gasteiger partial charge in [-0.25, -0.2) is 0 Å². The molecule has 17 heavy (non-hydrogen) atoms. The molecule has 0 aromatic heterocycles. The maximum absolute atomic E-state index is 3.64. The molecule has 0 radical (unpaired) electrons. The summed E-state index contributed by atoms with van der Waals surface area (Å²) in [6.07, 6.45) is 1.32. The molecule has 1 N–H and O–H groups in total. The summed E-state index contributed by atoms with van der Waals surface area (Å²) in [4.78, 5) is 4.97. The minimum absolute atomic E-state index is 0.339. The molecule has 0 amide bonds.